The van der Waals surface area contributed by atoms with Crippen molar-refractivity contribution < 1.29 is 13.2 Å². The second-order valence-electron chi connectivity index (χ2n) is 6.46. The lowest BCUT2D eigenvalue weighted by molar-refractivity contribution is 0.0986. The first-order chi connectivity index (χ1) is 13.4. The minimum absolute atomic E-state index is 0.00336. The SMILES string of the molecule is Cc1ccc(S(=O)(=O)Nc2ccc(C(=O)CCNc3ccccc3)cc2)cc1. The van der Waals surface area contributed by atoms with Crippen LogP contribution >= 0.6 is 0 Å². The Balaban J connectivity index is 1.58. The van der Waals surface area contributed by atoms with Gasteiger partial charge < -0.3 is 5.32 Å². The number of rotatable bonds is 8. The first-order valence-corrected chi connectivity index (χ1v) is 10.4. The van der Waals surface area contributed by atoms with E-state index in [2.05, 4.69) is 10.0 Å². The molecule has 6 heteroatoms. The van der Waals surface area contributed by atoms with Crippen molar-refractivity contribution in [1.82, 2.24) is 0 Å². The highest BCUT2D eigenvalue weighted by atomic mass is 32.2. The van der Waals surface area contributed by atoms with Crippen LogP contribution in [-0.2, 0) is 10.0 Å². The molecule has 0 aliphatic heterocycles. The summed E-state index contributed by atoms with van der Waals surface area (Å²) in [7, 11) is -3.65. The molecule has 0 spiro atoms. The second-order valence-corrected chi connectivity index (χ2v) is 8.14. The minimum Gasteiger partial charge on any atom is -0.385 e. The summed E-state index contributed by atoms with van der Waals surface area (Å²) in [5, 5.41) is 3.20. The van der Waals surface area contributed by atoms with Gasteiger partial charge in [0.15, 0.2) is 5.78 Å². The molecule has 0 amide bonds. The fraction of sp³-hybridized carbons (Fsp3) is 0.136. The third-order valence-corrected chi connectivity index (χ3v) is 5.64. The molecule has 0 heterocycles. The number of sulfonamides is 1. The average molecular weight is 394 g/mol. The van der Waals surface area contributed by atoms with E-state index in [0.717, 1.165) is 11.3 Å². The van der Waals surface area contributed by atoms with Crippen LogP contribution in [0, 0.1) is 6.92 Å². The van der Waals surface area contributed by atoms with Crippen LogP contribution in [0.3, 0.4) is 0 Å². The number of carbonyl (C=O) groups is 1. The van der Waals surface area contributed by atoms with Crippen LogP contribution in [0.15, 0.2) is 83.8 Å². The lowest BCUT2D eigenvalue weighted by Crippen LogP contribution is -2.13. The molecule has 5 nitrogen and oxygen atoms in total. The van der Waals surface area contributed by atoms with E-state index in [-0.39, 0.29) is 10.7 Å². The van der Waals surface area contributed by atoms with Gasteiger partial charge in [-0.2, -0.15) is 0 Å². The number of hydrogen-bond acceptors (Lipinski definition) is 4. The van der Waals surface area contributed by atoms with Gasteiger partial charge in [0.25, 0.3) is 10.0 Å². The normalized spacial score (nSPS) is 11.0. The summed E-state index contributed by atoms with van der Waals surface area (Å²) in [6, 6.07) is 22.8. The highest BCUT2D eigenvalue weighted by molar-refractivity contribution is 7.92. The van der Waals surface area contributed by atoms with Gasteiger partial charge in [-0.1, -0.05) is 35.9 Å². The van der Waals surface area contributed by atoms with Crippen LogP contribution < -0.4 is 10.0 Å². The molecule has 0 bridgehead atoms. The lowest BCUT2D eigenvalue weighted by Gasteiger charge is -2.09. The number of ketones is 1. The summed E-state index contributed by atoms with van der Waals surface area (Å²) >= 11 is 0. The zero-order valence-electron chi connectivity index (χ0n) is 15.6. The molecule has 0 saturated carbocycles. The Morgan fingerprint density at radius 1 is 0.821 bits per heavy atom. The summed E-state index contributed by atoms with van der Waals surface area (Å²) < 4.78 is 27.4. The number of Topliss-reactive ketones (excluding diaryl/α,β-unsaturated/α-hetero) is 1. The topological polar surface area (TPSA) is 75.3 Å². The van der Waals surface area contributed by atoms with E-state index in [1.807, 2.05) is 37.3 Å². The van der Waals surface area contributed by atoms with E-state index < -0.39 is 10.0 Å². The standard InChI is InChI=1S/C22H22N2O3S/c1-17-7-13-21(14-8-17)28(26,27)24-20-11-9-18(10-12-20)22(25)15-16-23-19-5-3-2-4-6-19/h2-14,23-24H,15-16H2,1H3. The van der Waals surface area contributed by atoms with Gasteiger partial charge in [0.2, 0.25) is 0 Å². The van der Waals surface area contributed by atoms with Crippen molar-refractivity contribution in [2.75, 3.05) is 16.6 Å². The zero-order valence-corrected chi connectivity index (χ0v) is 16.4. The van der Waals surface area contributed by atoms with Crippen LogP contribution in [0.1, 0.15) is 22.3 Å². The highest BCUT2D eigenvalue weighted by Crippen LogP contribution is 2.18. The van der Waals surface area contributed by atoms with E-state index in [1.165, 1.54) is 0 Å². The first kappa shape index (κ1) is 19.6. The van der Waals surface area contributed by atoms with Gasteiger partial charge in [-0.3, -0.25) is 9.52 Å². The number of benzene rings is 3. The van der Waals surface area contributed by atoms with E-state index in [0.29, 0.717) is 24.2 Å². The Kier molecular flexibility index (Phi) is 6.11. The molecule has 28 heavy (non-hydrogen) atoms. The predicted molar refractivity (Wildman–Crippen MR) is 112 cm³/mol. The quantitative estimate of drug-likeness (QED) is 0.552. The number of carbonyl (C=O) groups excluding carboxylic acids is 1. The number of hydrogen-bond donors (Lipinski definition) is 2. The van der Waals surface area contributed by atoms with Crippen molar-refractivity contribution in [3.05, 3.63) is 90.0 Å². The molecule has 0 fully saturated rings. The van der Waals surface area contributed by atoms with Gasteiger partial charge in [0.05, 0.1) is 4.90 Å². The Hall–Kier alpha value is -3.12. The molecule has 0 aliphatic rings. The van der Waals surface area contributed by atoms with Gasteiger partial charge in [-0.25, -0.2) is 8.42 Å². The molecule has 3 aromatic rings. The predicted octanol–water partition coefficient (Wildman–Crippen LogP) is 4.48. The largest absolute Gasteiger partial charge is 0.385 e. The Morgan fingerprint density at radius 3 is 2.11 bits per heavy atom. The van der Waals surface area contributed by atoms with Crippen molar-refractivity contribution >= 4 is 27.2 Å². The summed E-state index contributed by atoms with van der Waals surface area (Å²) in [5.74, 6) is -0.00336. The van der Waals surface area contributed by atoms with E-state index in [1.54, 1.807) is 48.5 Å². The molecule has 144 valence electrons. The van der Waals surface area contributed by atoms with Gasteiger partial charge in [0, 0.05) is 29.9 Å². The Bertz CT molecular complexity index is 1030. The minimum atomic E-state index is -3.65. The van der Waals surface area contributed by atoms with Crippen molar-refractivity contribution in [3.8, 4) is 0 Å². The molecule has 2 N–H and O–H groups in total. The number of para-hydroxylation sites is 1. The highest BCUT2D eigenvalue weighted by Gasteiger charge is 2.14. The number of anilines is 2. The fourth-order valence-corrected chi connectivity index (χ4v) is 3.73. The van der Waals surface area contributed by atoms with Gasteiger partial charge in [-0.05, 0) is 55.5 Å². The molecule has 0 radical (unpaired) electrons. The van der Waals surface area contributed by atoms with Gasteiger partial charge >= 0.3 is 0 Å². The molecule has 0 saturated heterocycles. The maximum Gasteiger partial charge on any atom is 0.261 e. The third kappa shape index (κ3) is 5.20. The van der Waals surface area contributed by atoms with Crippen LogP contribution in [0.2, 0.25) is 0 Å². The van der Waals surface area contributed by atoms with Gasteiger partial charge in [-0.15, -0.1) is 0 Å². The molecule has 0 unspecified atom stereocenters. The molecule has 3 rings (SSSR count). The van der Waals surface area contributed by atoms with Gasteiger partial charge in [0.1, 0.15) is 0 Å². The fourth-order valence-electron chi connectivity index (χ4n) is 2.68. The van der Waals surface area contributed by atoms with E-state index in [4.69, 9.17) is 0 Å². The maximum absolute atomic E-state index is 12.4. The first-order valence-electron chi connectivity index (χ1n) is 8.96. The summed E-state index contributed by atoms with van der Waals surface area (Å²) in [4.78, 5) is 12.5. The maximum atomic E-state index is 12.4. The second kappa shape index (κ2) is 8.71. The van der Waals surface area contributed by atoms with Crippen molar-refractivity contribution in [2.24, 2.45) is 0 Å². The average Bonchev–Trinajstić information content (AvgIpc) is 2.69. The van der Waals surface area contributed by atoms with Crippen molar-refractivity contribution in [1.29, 1.82) is 0 Å². The zero-order chi connectivity index (χ0) is 20.0. The summed E-state index contributed by atoms with van der Waals surface area (Å²) in [5.41, 5.74) is 2.92. The summed E-state index contributed by atoms with van der Waals surface area (Å²) in [6.07, 6.45) is 0.351. The van der Waals surface area contributed by atoms with Crippen LogP contribution in [0.5, 0.6) is 0 Å². The Morgan fingerprint density at radius 2 is 1.46 bits per heavy atom. The molecular formula is C22H22N2O3S. The van der Waals surface area contributed by atoms with E-state index in [9.17, 15) is 13.2 Å². The van der Waals surface area contributed by atoms with Crippen molar-refractivity contribution in [3.63, 3.8) is 0 Å². The molecule has 3 aromatic carbocycles. The van der Waals surface area contributed by atoms with Crippen LogP contribution in [0.4, 0.5) is 11.4 Å². The van der Waals surface area contributed by atoms with E-state index >= 15 is 0 Å². The third-order valence-electron chi connectivity index (χ3n) is 4.25. The van der Waals surface area contributed by atoms with Crippen molar-refractivity contribution in [2.45, 2.75) is 18.2 Å². The Labute approximate surface area is 165 Å². The molecule has 0 aromatic heterocycles. The summed E-state index contributed by atoms with van der Waals surface area (Å²) in [6.45, 7) is 2.43. The number of nitrogens with one attached hydrogen (secondary N) is 2. The molecule has 0 atom stereocenters. The monoisotopic (exact) mass is 394 g/mol. The molecular weight excluding hydrogens is 372 g/mol. The van der Waals surface area contributed by atoms with Crippen LogP contribution in [-0.4, -0.2) is 20.7 Å². The smallest absolute Gasteiger partial charge is 0.261 e. The molecule has 0 aliphatic carbocycles. The van der Waals surface area contributed by atoms with Crippen LogP contribution in [0.25, 0.3) is 0 Å². The lowest BCUT2D eigenvalue weighted by atomic mass is 10.1. The number of aryl methyl sites for hydroxylation is 1.